The van der Waals surface area contributed by atoms with E-state index in [-0.39, 0.29) is 0 Å². The molecule has 0 bridgehead atoms. The minimum absolute atomic E-state index is 0.630. The molecule has 0 saturated carbocycles. The predicted molar refractivity (Wildman–Crippen MR) is 126 cm³/mol. The molecule has 0 unspecified atom stereocenters. The molecule has 0 spiro atoms. The van der Waals surface area contributed by atoms with Crippen molar-refractivity contribution in [2.45, 2.75) is 0 Å². The number of hydrogen-bond donors (Lipinski definition) is 1. The lowest BCUT2D eigenvalue weighted by Crippen LogP contribution is -2.08. The maximum atomic E-state index is 6.17. The summed E-state index contributed by atoms with van der Waals surface area (Å²) in [5, 5.41) is 7.36. The Kier molecular flexibility index (Phi) is 5.17. The van der Waals surface area contributed by atoms with Crippen LogP contribution in [-0.2, 0) is 0 Å². The van der Waals surface area contributed by atoms with E-state index in [1.807, 2.05) is 84.9 Å². The predicted octanol–water partition coefficient (Wildman–Crippen LogP) is 5.59. The monoisotopic (exact) mass is 423 g/mol. The first-order chi connectivity index (χ1) is 15.7. The van der Waals surface area contributed by atoms with E-state index < -0.39 is 0 Å². The van der Waals surface area contributed by atoms with Gasteiger partial charge in [0.15, 0.2) is 11.5 Å². The number of benzene rings is 3. The molecule has 6 nitrogen and oxygen atoms in total. The van der Waals surface area contributed by atoms with Gasteiger partial charge in [-0.25, -0.2) is 4.98 Å². The summed E-state index contributed by atoms with van der Waals surface area (Å²) in [6.45, 7) is 0. The summed E-state index contributed by atoms with van der Waals surface area (Å²) in [4.78, 5) is 4.63. The van der Waals surface area contributed by atoms with E-state index >= 15 is 0 Å². The number of pyridine rings is 1. The fourth-order valence-corrected chi connectivity index (χ4v) is 3.59. The van der Waals surface area contributed by atoms with Gasteiger partial charge in [0.05, 0.1) is 25.1 Å². The number of ether oxygens (including phenoxy) is 2. The second-order valence-electron chi connectivity index (χ2n) is 7.17. The van der Waals surface area contributed by atoms with Crippen molar-refractivity contribution in [3.63, 3.8) is 0 Å². The molecule has 0 atom stereocenters. The summed E-state index contributed by atoms with van der Waals surface area (Å²) in [6, 6.07) is 27.3. The van der Waals surface area contributed by atoms with Crippen molar-refractivity contribution in [3.05, 3.63) is 90.3 Å². The van der Waals surface area contributed by atoms with Crippen LogP contribution in [0, 0.1) is 0 Å². The molecule has 158 valence electrons. The lowest BCUT2D eigenvalue weighted by Gasteiger charge is -2.10. The summed E-state index contributed by atoms with van der Waals surface area (Å²) in [7, 11) is 3.22. The third kappa shape index (κ3) is 3.74. The smallest absolute Gasteiger partial charge is 0.161 e. The van der Waals surface area contributed by atoms with Crippen molar-refractivity contribution in [2.24, 2.45) is 5.10 Å². The molecule has 1 N–H and O–H groups in total. The number of nitrogens with zero attached hydrogens (tertiary/aromatic N) is 2. The van der Waals surface area contributed by atoms with Gasteiger partial charge in [-0.3, -0.25) is 5.43 Å². The largest absolute Gasteiger partial charge is 0.493 e. The molecule has 3 aromatic carbocycles. The third-order valence-corrected chi connectivity index (χ3v) is 5.21. The Bertz CT molecular complexity index is 1490. The minimum Gasteiger partial charge on any atom is -0.493 e. The highest BCUT2D eigenvalue weighted by Crippen LogP contribution is 2.32. The van der Waals surface area contributed by atoms with Crippen molar-refractivity contribution in [1.29, 1.82) is 0 Å². The van der Waals surface area contributed by atoms with Crippen LogP contribution in [0.2, 0.25) is 0 Å². The quantitative estimate of drug-likeness (QED) is 0.373. The molecule has 0 saturated heterocycles. The van der Waals surface area contributed by atoms with Crippen molar-refractivity contribution in [2.75, 3.05) is 19.6 Å². The fraction of sp³-hybridized carbons (Fsp3) is 0.0769. The zero-order valence-electron chi connectivity index (χ0n) is 17.7. The second kappa shape index (κ2) is 8.43. The molecule has 0 amide bonds. The maximum Gasteiger partial charge on any atom is 0.161 e. The van der Waals surface area contributed by atoms with Crippen LogP contribution in [0.4, 0.5) is 5.82 Å². The van der Waals surface area contributed by atoms with Gasteiger partial charge in [-0.05, 0) is 48.5 Å². The summed E-state index contributed by atoms with van der Waals surface area (Å²) >= 11 is 0. The van der Waals surface area contributed by atoms with Crippen molar-refractivity contribution in [3.8, 4) is 22.8 Å². The molecule has 0 radical (unpaired) electrons. The van der Waals surface area contributed by atoms with Gasteiger partial charge in [-0.1, -0.05) is 30.3 Å². The van der Waals surface area contributed by atoms with E-state index in [2.05, 4.69) is 15.5 Å². The third-order valence-electron chi connectivity index (χ3n) is 5.21. The summed E-state index contributed by atoms with van der Waals surface area (Å²) < 4.78 is 17.0. The summed E-state index contributed by atoms with van der Waals surface area (Å²) in [5.41, 5.74) is 5.58. The van der Waals surface area contributed by atoms with Crippen LogP contribution in [0.15, 0.2) is 94.4 Å². The zero-order chi connectivity index (χ0) is 21.9. The topological polar surface area (TPSA) is 68.9 Å². The van der Waals surface area contributed by atoms with Crippen LogP contribution >= 0.6 is 0 Å². The Morgan fingerprint density at radius 2 is 1.62 bits per heavy atom. The van der Waals surface area contributed by atoms with Gasteiger partial charge in [0.25, 0.3) is 0 Å². The first kappa shape index (κ1) is 19.6. The Morgan fingerprint density at radius 1 is 0.812 bits per heavy atom. The van der Waals surface area contributed by atoms with E-state index in [9.17, 15) is 0 Å². The number of para-hydroxylation sites is 2. The number of rotatable bonds is 5. The molecule has 0 fully saturated rings. The zero-order valence-corrected chi connectivity index (χ0v) is 17.7. The number of fused-ring (bicyclic) bond motifs is 2. The van der Waals surface area contributed by atoms with Gasteiger partial charge in [-0.15, -0.1) is 0 Å². The summed E-state index contributed by atoms with van der Waals surface area (Å²) in [6.07, 6.45) is 0. The van der Waals surface area contributed by atoms with Crippen LogP contribution in [-0.4, -0.2) is 19.2 Å². The molecular formula is C26H21N3O3. The van der Waals surface area contributed by atoms with Gasteiger partial charge in [0.2, 0.25) is 0 Å². The highest BCUT2D eigenvalue weighted by Gasteiger charge is 2.10. The minimum atomic E-state index is 0.630. The molecular weight excluding hydrogens is 402 g/mol. The Balaban J connectivity index is 1.60. The first-order valence-corrected chi connectivity index (χ1v) is 10.2. The van der Waals surface area contributed by atoms with Gasteiger partial charge >= 0.3 is 0 Å². The van der Waals surface area contributed by atoms with E-state index in [1.54, 1.807) is 14.2 Å². The van der Waals surface area contributed by atoms with E-state index in [0.717, 1.165) is 32.8 Å². The molecule has 6 heteroatoms. The standard InChI is InChI=1S/C26H21N3O3/c1-30-23-13-11-18(15-25(23)31-2)24-16-21(19-8-4-6-10-22(19)32-24)28-29-26-14-12-17-7-3-5-9-20(17)27-26/h3-16H,1-2H3,(H,27,29). The van der Waals surface area contributed by atoms with E-state index in [0.29, 0.717) is 23.1 Å². The maximum absolute atomic E-state index is 6.17. The number of methoxy groups -OCH3 is 2. The van der Waals surface area contributed by atoms with Gasteiger partial charge in [0.1, 0.15) is 17.2 Å². The lowest BCUT2D eigenvalue weighted by molar-refractivity contribution is 0.355. The molecule has 2 heterocycles. The number of anilines is 1. The molecule has 32 heavy (non-hydrogen) atoms. The Morgan fingerprint density at radius 3 is 2.50 bits per heavy atom. The van der Waals surface area contributed by atoms with Crippen LogP contribution in [0.3, 0.4) is 0 Å². The second-order valence-corrected chi connectivity index (χ2v) is 7.17. The Hall–Kier alpha value is -4.32. The normalized spacial score (nSPS) is 11.6. The molecule has 0 aliphatic carbocycles. The molecule has 0 aliphatic rings. The van der Waals surface area contributed by atoms with Gasteiger partial charge < -0.3 is 13.9 Å². The molecule has 5 aromatic rings. The molecule has 2 aromatic heterocycles. The van der Waals surface area contributed by atoms with Crippen molar-refractivity contribution >= 4 is 27.7 Å². The van der Waals surface area contributed by atoms with Crippen LogP contribution in [0.5, 0.6) is 11.5 Å². The van der Waals surface area contributed by atoms with Crippen molar-refractivity contribution < 1.29 is 13.9 Å². The lowest BCUT2D eigenvalue weighted by atomic mass is 10.1. The number of hydrogen-bond acceptors (Lipinski definition) is 6. The SMILES string of the molecule is COc1ccc(-c2cc(=NNc3ccc4ccccc4n3)c3ccccc3o2)cc1OC. The van der Waals surface area contributed by atoms with E-state index in [4.69, 9.17) is 13.9 Å². The van der Waals surface area contributed by atoms with Gasteiger partial charge in [-0.2, -0.15) is 5.10 Å². The highest BCUT2D eigenvalue weighted by molar-refractivity contribution is 5.80. The van der Waals surface area contributed by atoms with Crippen LogP contribution < -0.4 is 20.3 Å². The molecule has 5 rings (SSSR count). The average Bonchev–Trinajstić information content (AvgIpc) is 2.86. The number of nitrogens with one attached hydrogen (secondary N) is 1. The number of aromatic nitrogens is 1. The van der Waals surface area contributed by atoms with Crippen LogP contribution in [0.1, 0.15) is 0 Å². The average molecular weight is 423 g/mol. The molecule has 0 aliphatic heterocycles. The van der Waals surface area contributed by atoms with E-state index in [1.165, 1.54) is 0 Å². The van der Waals surface area contributed by atoms with Crippen LogP contribution in [0.25, 0.3) is 33.2 Å². The summed E-state index contributed by atoms with van der Waals surface area (Å²) in [5.74, 6) is 2.62. The van der Waals surface area contributed by atoms with Crippen molar-refractivity contribution in [1.82, 2.24) is 4.98 Å². The Labute approximate surface area is 184 Å². The highest BCUT2D eigenvalue weighted by atomic mass is 16.5. The van der Waals surface area contributed by atoms with Gasteiger partial charge in [0, 0.05) is 22.4 Å². The fourth-order valence-electron chi connectivity index (χ4n) is 3.59. The first-order valence-electron chi connectivity index (χ1n) is 10.2.